The fraction of sp³-hybridized carbons (Fsp3) is 0.357. The molecule has 0 spiro atoms. The number of esters is 2. The monoisotopic (exact) mass is 505 g/mol. The lowest BCUT2D eigenvalue weighted by Crippen LogP contribution is -2.32. The molecular formula is C28H27NO6S. The number of hydrogen-bond acceptors (Lipinski definition) is 7. The molecule has 8 heteroatoms. The molecule has 2 aliphatic carbocycles. The zero-order chi connectivity index (χ0) is 25.2. The van der Waals surface area contributed by atoms with Gasteiger partial charge < -0.3 is 9.47 Å². The average molecular weight is 506 g/mol. The molecule has 36 heavy (non-hydrogen) atoms. The summed E-state index contributed by atoms with van der Waals surface area (Å²) in [5.74, 6) is 0.858. The molecule has 2 aromatic carbocycles. The Morgan fingerprint density at radius 2 is 1.36 bits per heavy atom. The molecule has 1 heterocycles. The number of ether oxygens (including phenoxy) is 2. The summed E-state index contributed by atoms with van der Waals surface area (Å²) in [6, 6.07) is 14.6. The third-order valence-corrected chi connectivity index (χ3v) is 8.13. The number of carbonyl (C=O) groups excluding carboxylic acids is 4. The molecule has 2 fully saturated rings. The molecule has 2 amide bonds. The summed E-state index contributed by atoms with van der Waals surface area (Å²) < 4.78 is 9.98. The minimum Gasteiger partial charge on any atom is -0.469 e. The predicted molar refractivity (Wildman–Crippen MR) is 136 cm³/mol. The van der Waals surface area contributed by atoms with Gasteiger partial charge in [0.25, 0.3) is 0 Å². The van der Waals surface area contributed by atoms with Gasteiger partial charge in [0.15, 0.2) is 0 Å². The van der Waals surface area contributed by atoms with Crippen LogP contribution in [0.15, 0.2) is 60.7 Å². The van der Waals surface area contributed by atoms with Crippen molar-refractivity contribution in [3.63, 3.8) is 0 Å². The van der Waals surface area contributed by atoms with Crippen LogP contribution in [0.5, 0.6) is 5.75 Å². The second-order valence-electron chi connectivity index (χ2n) is 9.25. The predicted octanol–water partition coefficient (Wildman–Crippen LogP) is 4.26. The second kappa shape index (κ2) is 10.3. The van der Waals surface area contributed by atoms with E-state index in [0.717, 1.165) is 17.5 Å². The first kappa shape index (κ1) is 24.3. The van der Waals surface area contributed by atoms with Crippen LogP contribution < -0.4 is 9.64 Å². The van der Waals surface area contributed by atoms with Crippen molar-refractivity contribution in [1.29, 1.82) is 0 Å². The van der Waals surface area contributed by atoms with Crippen LogP contribution in [0.25, 0.3) is 11.1 Å². The SMILES string of the molecule is COC(=O)CCSCCC(=O)Oc1ccc(-c2ccc(N3C(=O)C4C(C3=O)[C@H]3C=C[C@@H]4C3)cc2)cc1. The Morgan fingerprint density at radius 1 is 0.833 bits per heavy atom. The molecule has 3 aliphatic rings. The number of nitrogens with zero attached hydrogens (tertiary/aromatic N) is 1. The number of thioether (sulfide) groups is 1. The highest BCUT2D eigenvalue weighted by molar-refractivity contribution is 7.99. The first-order valence-electron chi connectivity index (χ1n) is 12.1. The largest absolute Gasteiger partial charge is 0.469 e. The number of benzene rings is 2. The standard InChI is InChI=1S/C28H27NO6S/c1-34-23(30)12-14-36-15-13-24(31)35-22-10-6-18(7-11-22)17-4-8-21(9-5-17)29-27(32)25-19-2-3-20(16-19)26(25)28(29)33/h2-11,19-20,25-26H,12-16H2,1H3/t19-,20+,25?,26?. The maximum Gasteiger partial charge on any atom is 0.312 e. The summed E-state index contributed by atoms with van der Waals surface area (Å²) in [5.41, 5.74) is 2.47. The molecule has 0 N–H and O–H groups in total. The van der Waals surface area contributed by atoms with Crippen molar-refractivity contribution in [1.82, 2.24) is 0 Å². The number of fused-ring (bicyclic) bond motifs is 5. The van der Waals surface area contributed by atoms with E-state index >= 15 is 0 Å². The maximum atomic E-state index is 13.0. The van der Waals surface area contributed by atoms with E-state index in [2.05, 4.69) is 16.9 Å². The van der Waals surface area contributed by atoms with E-state index in [4.69, 9.17) is 4.74 Å². The Morgan fingerprint density at radius 3 is 1.92 bits per heavy atom. The zero-order valence-corrected chi connectivity index (χ0v) is 20.7. The Balaban J connectivity index is 1.15. The zero-order valence-electron chi connectivity index (χ0n) is 19.9. The first-order chi connectivity index (χ1) is 17.5. The van der Waals surface area contributed by atoms with Gasteiger partial charge in [-0.1, -0.05) is 36.4 Å². The molecule has 1 aliphatic heterocycles. The van der Waals surface area contributed by atoms with Gasteiger partial charge in [0, 0.05) is 11.5 Å². The van der Waals surface area contributed by atoms with Gasteiger partial charge in [-0.3, -0.25) is 24.1 Å². The lowest BCUT2D eigenvalue weighted by atomic mass is 9.85. The summed E-state index contributed by atoms with van der Waals surface area (Å²) in [6.45, 7) is 0. The lowest BCUT2D eigenvalue weighted by Gasteiger charge is -2.17. The number of rotatable bonds is 9. The van der Waals surface area contributed by atoms with Crippen molar-refractivity contribution in [2.45, 2.75) is 19.3 Å². The average Bonchev–Trinajstić information content (AvgIpc) is 3.58. The smallest absolute Gasteiger partial charge is 0.312 e. The molecule has 2 aromatic rings. The van der Waals surface area contributed by atoms with Crippen molar-refractivity contribution in [3.8, 4) is 16.9 Å². The number of methoxy groups -OCH3 is 1. The molecule has 0 aromatic heterocycles. The van der Waals surface area contributed by atoms with E-state index in [1.54, 1.807) is 12.1 Å². The van der Waals surface area contributed by atoms with Crippen molar-refractivity contribution in [3.05, 3.63) is 60.7 Å². The fourth-order valence-electron chi connectivity index (χ4n) is 5.37. The molecule has 2 bridgehead atoms. The summed E-state index contributed by atoms with van der Waals surface area (Å²) in [6.07, 6.45) is 5.68. The van der Waals surface area contributed by atoms with E-state index in [9.17, 15) is 19.2 Å². The molecule has 1 saturated carbocycles. The van der Waals surface area contributed by atoms with Crippen LogP contribution in [0.1, 0.15) is 19.3 Å². The Bertz CT molecular complexity index is 1180. The summed E-state index contributed by atoms with van der Waals surface area (Å²) >= 11 is 1.50. The van der Waals surface area contributed by atoms with E-state index < -0.39 is 0 Å². The number of hydrogen-bond donors (Lipinski definition) is 0. The van der Waals surface area contributed by atoms with Gasteiger partial charge in [0.2, 0.25) is 11.8 Å². The van der Waals surface area contributed by atoms with Crippen molar-refractivity contribution < 1.29 is 28.7 Å². The van der Waals surface area contributed by atoms with Crippen LogP contribution in [0.2, 0.25) is 0 Å². The number of anilines is 1. The van der Waals surface area contributed by atoms with E-state index in [1.807, 2.05) is 36.4 Å². The number of amides is 2. The molecule has 7 nitrogen and oxygen atoms in total. The minimum absolute atomic E-state index is 0.0809. The molecule has 1 saturated heterocycles. The number of carbonyl (C=O) groups is 4. The summed E-state index contributed by atoms with van der Waals surface area (Å²) in [7, 11) is 1.36. The number of allylic oxidation sites excluding steroid dienone is 2. The van der Waals surface area contributed by atoms with E-state index in [1.165, 1.54) is 23.8 Å². The van der Waals surface area contributed by atoms with Gasteiger partial charge in [-0.25, -0.2) is 0 Å². The van der Waals surface area contributed by atoms with Gasteiger partial charge in [-0.2, -0.15) is 11.8 Å². The van der Waals surface area contributed by atoms with Crippen molar-refractivity contribution in [2.24, 2.45) is 23.7 Å². The first-order valence-corrected chi connectivity index (χ1v) is 13.2. The van der Waals surface area contributed by atoms with Gasteiger partial charge in [0.1, 0.15) is 5.75 Å². The van der Waals surface area contributed by atoms with Crippen LogP contribution in [0.4, 0.5) is 5.69 Å². The highest BCUT2D eigenvalue weighted by Gasteiger charge is 2.59. The van der Waals surface area contributed by atoms with Crippen LogP contribution in [-0.4, -0.2) is 42.4 Å². The highest BCUT2D eigenvalue weighted by Crippen LogP contribution is 2.53. The highest BCUT2D eigenvalue weighted by atomic mass is 32.2. The molecule has 4 atom stereocenters. The Hall–Kier alpha value is -3.39. The normalized spacial score (nSPS) is 23.8. The van der Waals surface area contributed by atoms with Crippen LogP contribution >= 0.6 is 11.8 Å². The Kier molecular flexibility index (Phi) is 6.96. The number of imide groups is 1. The van der Waals surface area contributed by atoms with Gasteiger partial charge in [0.05, 0.1) is 37.5 Å². The van der Waals surface area contributed by atoms with Crippen LogP contribution in [0.3, 0.4) is 0 Å². The molecule has 186 valence electrons. The second-order valence-corrected chi connectivity index (χ2v) is 10.5. The summed E-state index contributed by atoms with van der Waals surface area (Å²) in [4.78, 5) is 50.5. The van der Waals surface area contributed by atoms with Gasteiger partial charge in [-0.05, 0) is 53.6 Å². The van der Waals surface area contributed by atoms with Crippen molar-refractivity contribution in [2.75, 3.05) is 23.5 Å². The fourth-order valence-corrected chi connectivity index (χ4v) is 6.20. The Labute approximate surface area is 213 Å². The minimum atomic E-state index is -0.328. The topological polar surface area (TPSA) is 90.0 Å². The van der Waals surface area contributed by atoms with Gasteiger partial charge in [-0.15, -0.1) is 0 Å². The molecule has 0 radical (unpaired) electrons. The third kappa shape index (κ3) is 4.69. The molecule has 2 unspecified atom stereocenters. The molecule has 5 rings (SSSR count). The van der Waals surface area contributed by atoms with Crippen LogP contribution in [-0.2, 0) is 23.9 Å². The maximum absolute atomic E-state index is 13.0. The lowest BCUT2D eigenvalue weighted by molar-refractivity contribution is -0.140. The third-order valence-electron chi connectivity index (χ3n) is 7.14. The van der Waals surface area contributed by atoms with Crippen molar-refractivity contribution >= 4 is 41.2 Å². The van der Waals surface area contributed by atoms with E-state index in [-0.39, 0.29) is 53.8 Å². The summed E-state index contributed by atoms with van der Waals surface area (Å²) in [5, 5.41) is 0. The quantitative estimate of drug-likeness (QED) is 0.165. The molecular weight excluding hydrogens is 478 g/mol. The van der Waals surface area contributed by atoms with Gasteiger partial charge >= 0.3 is 11.9 Å². The van der Waals surface area contributed by atoms with Crippen LogP contribution in [0, 0.1) is 23.7 Å². The van der Waals surface area contributed by atoms with E-state index in [0.29, 0.717) is 29.4 Å².